The van der Waals surface area contributed by atoms with E-state index in [0.717, 1.165) is 6.26 Å². The number of sulfonamides is 1. The van der Waals surface area contributed by atoms with Gasteiger partial charge in [0.05, 0.1) is 16.7 Å². The van der Waals surface area contributed by atoms with Gasteiger partial charge in [0.1, 0.15) is 0 Å². The molecule has 0 bridgehead atoms. The Labute approximate surface area is 138 Å². The number of rotatable bonds is 6. The molecule has 0 saturated heterocycles. The molecule has 0 saturated carbocycles. The molecule has 24 heavy (non-hydrogen) atoms. The van der Waals surface area contributed by atoms with E-state index < -0.39 is 14.9 Å². The van der Waals surface area contributed by atoms with Gasteiger partial charge in [0, 0.05) is 17.3 Å². The number of hydrogen-bond acceptors (Lipinski definition) is 5. The van der Waals surface area contributed by atoms with Gasteiger partial charge in [-0.1, -0.05) is 12.1 Å². The second-order valence-corrected chi connectivity index (χ2v) is 6.71. The number of carbonyl (C=O) groups is 1. The zero-order valence-electron chi connectivity index (χ0n) is 12.7. The average Bonchev–Trinajstić information content (AvgIpc) is 2.52. The predicted octanol–water partition coefficient (Wildman–Crippen LogP) is 2.86. The summed E-state index contributed by atoms with van der Waals surface area (Å²) in [6.45, 7) is 0. The third-order valence-electron chi connectivity index (χ3n) is 3.02. The van der Waals surface area contributed by atoms with Crippen LogP contribution in [0.2, 0.25) is 0 Å². The van der Waals surface area contributed by atoms with Gasteiger partial charge in [0.15, 0.2) is 5.78 Å². The monoisotopic (exact) mass is 346 g/mol. The van der Waals surface area contributed by atoms with Crippen molar-refractivity contribution < 1.29 is 18.1 Å². The van der Waals surface area contributed by atoms with Gasteiger partial charge >= 0.3 is 0 Å². The lowest BCUT2D eigenvalue weighted by molar-refractivity contribution is -0.385. The van der Waals surface area contributed by atoms with E-state index >= 15 is 0 Å². The molecule has 0 aliphatic rings. The second-order valence-electron chi connectivity index (χ2n) is 4.97. The summed E-state index contributed by atoms with van der Waals surface area (Å²) in [5, 5.41) is 10.9. The van der Waals surface area contributed by atoms with Gasteiger partial charge in [-0.15, -0.1) is 0 Å². The van der Waals surface area contributed by atoms with Crippen LogP contribution in [0.3, 0.4) is 0 Å². The summed E-state index contributed by atoms with van der Waals surface area (Å²) in [5.74, 6) is -0.348. The van der Waals surface area contributed by atoms with E-state index in [2.05, 4.69) is 4.72 Å². The third-order valence-corrected chi connectivity index (χ3v) is 3.63. The molecule has 0 fully saturated rings. The largest absolute Gasteiger partial charge is 0.289 e. The number of nitro benzene ring substituents is 1. The van der Waals surface area contributed by atoms with Gasteiger partial charge in [-0.25, -0.2) is 8.42 Å². The first-order chi connectivity index (χ1) is 11.3. The van der Waals surface area contributed by atoms with Gasteiger partial charge in [-0.3, -0.25) is 19.6 Å². The highest BCUT2D eigenvalue weighted by atomic mass is 32.2. The minimum absolute atomic E-state index is 0.0887. The molecule has 0 aromatic heterocycles. The number of nitrogens with zero attached hydrogens (tertiary/aromatic N) is 1. The van der Waals surface area contributed by atoms with Crippen LogP contribution in [0, 0.1) is 10.1 Å². The van der Waals surface area contributed by atoms with Crippen LogP contribution >= 0.6 is 0 Å². The van der Waals surface area contributed by atoms with E-state index in [0.29, 0.717) is 16.8 Å². The number of benzene rings is 2. The van der Waals surface area contributed by atoms with Crippen molar-refractivity contribution in [3.63, 3.8) is 0 Å². The molecule has 8 heteroatoms. The van der Waals surface area contributed by atoms with Crippen molar-refractivity contribution in [3.8, 4) is 0 Å². The van der Waals surface area contributed by atoms with Crippen LogP contribution < -0.4 is 4.72 Å². The molecular formula is C16H14N2O5S. The summed E-state index contributed by atoms with van der Waals surface area (Å²) in [6, 6.07) is 12.0. The molecule has 0 amide bonds. The van der Waals surface area contributed by atoms with Crippen LogP contribution in [0.1, 0.15) is 15.9 Å². The molecule has 0 heterocycles. The number of ketones is 1. The molecule has 124 valence electrons. The number of hydrogen-bond donors (Lipinski definition) is 1. The lowest BCUT2D eigenvalue weighted by Gasteiger charge is -2.04. The maximum atomic E-state index is 12.1. The van der Waals surface area contributed by atoms with Gasteiger partial charge in [-0.05, 0) is 42.5 Å². The highest BCUT2D eigenvalue weighted by molar-refractivity contribution is 7.92. The molecule has 0 unspecified atom stereocenters. The van der Waals surface area contributed by atoms with E-state index in [1.165, 1.54) is 42.5 Å². The van der Waals surface area contributed by atoms with Gasteiger partial charge < -0.3 is 0 Å². The Balaban J connectivity index is 2.17. The van der Waals surface area contributed by atoms with Crippen LogP contribution in [0.15, 0.2) is 54.6 Å². The molecule has 0 spiro atoms. The Kier molecular flexibility index (Phi) is 5.10. The fraction of sp³-hybridized carbons (Fsp3) is 0.0625. The Bertz CT molecular complexity index is 902. The predicted molar refractivity (Wildman–Crippen MR) is 91.4 cm³/mol. The zero-order valence-corrected chi connectivity index (χ0v) is 13.5. The van der Waals surface area contributed by atoms with Crippen molar-refractivity contribution in [3.05, 3.63) is 75.8 Å². The van der Waals surface area contributed by atoms with Crippen LogP contribution in [-0.4, -0.2) is 25.4 Å². The maximum absolute atomic E-state index is 12.1. The minimum Gasteiger partial charge on any atom is -0.289 e. The molecule has 0 aliphatic carbocycles. The first-order valence-electron chi connectivity index (χ1n) is 6.80. The van der Waals surface area contributed by atoms with Crippen LogP contribution in [0.5, 0.6) is 0 Å². The first-order valence-corrected chi connectivity index (χ1v) is 8.69. The SMILES string of the molecule is CS(=O)(=O)Nc1ccc(C(=O)C=Cc2ccccc2[N+](=O)[O-])cc1. The summed E-state index contributed by atoms with van der Waals surface area (Å²) in [4.78, 5) is 22.5. The zero-order chi connectivity index (χ0) is 17.7. The summed E-state index contributed by atoms with van der Waals surface area (Å²) >= 11 is 0. The van der Waals surface area contributed by atoms with Crippen molar-refractivity contribution >= 4 is 33.3 Å². The standard InChI is InChI=1S/C16H14N2O5S/c1-24(22,23)17-14-9-6-13(7-10-14)16(19)11-8-12-4-2-3-5-15(12)18(20)21/h2-11,17H,1H3. The molecule has 2 aromatic rings. The van der Waals surface area contributed by atoms with E-state index in [4.69, 9.17) is 0 Å². The number of nitrogens with one attached hydrogen (secondary N) is 1. The highest BCUT2D eigenvalue weighted by Gasteiger charge is 2.10. The van der Waals surface area contributed by atoms with Gasteiger partial charge in [-0.2, -0.15) is 0 Å². The fourth-order valence-electron chi connectivity index (χ4n) is 1.97. The molecule has 2 rings (SSSR count). The van der Waals surface area contributed by atoms with E-state index in [9.17, 15) is 23.3 Å². The lowest BCUT2D eigenvalue weighted by Crippen LogP contribution is -2.09. The number of anilines is 1. The van der Waals surface area contributed by atoms with Crippen molar-refractivity contribution in [2.75, 3.05) is 11.0 Å². The molecule has 2 aromatic carbocycles. The average molecular weight is 346 g/mol. The summed E-state index contributed by atoms with van der Waals surface area (Å²) < 4.78 is 24.5. The highest BCUT2D eigenvalue weighted by Crippen LogP contribution is 2.19. The Morgan fingerprint density at radius 1 is 1.12 bits per heavy atom. The summed E-state index contributed by atoms with van der Waals surface area (Å²) in [7, 11) is -3.38. The fourth-order valence-corrected chi connectivity index (χ4v) is 2.54. The quantitative estimate of drug-likeness (QED) is 0.375. The van der Waals surface area contributed by atoms with Crippen molar-refractivity contribution in [1.82, 2.24) is 0 Å². The molecule has 0 radical (unpaired) electrons. The molecule has 7 nitrogen and oxygen atoms in total. The molecule has 0 atom stereocenters. The number of nitro groups is 1. The van der Waals surface area contributed by atoms with Crippen molar-refractivity contribution in [1.29, 1.82) is 0 Å². The number of carbonyl (C=O) groups excluding carboxylic acids is 1. The smallest absolute Gasteiger partial charge is 0.276 e. The summed E-state index contributed by atoms with van der Waals surface area (Å²) in [5.41, 5.74) is 0.918. The van der Waals surface area contributed by atoms with Gasteiger partial charge in [0.2, 0.25) is 10.0 Å². The molecular weight excluding hydrogens is 332 g/mol. The Morgan fingerprint density at radius 3 is 2.33 bits per heavy atom. The van der Waals surface area contributed by atoms with E-state index in [1.807, 2.05) is 0 Å². The maximum Gasteiger partial charge on any atom is 0.276 e. The first kappa shape index (κ1) is 17.4. The van der Waals surface area contributed by atoms with Gasteiger partial charge in [0.25, 0.3) is 5.69 Å². The molecule has 1 N–H and O–H groups in total. The Hall–Kier alpha value is -3.00. The summed E-state index contributed by atoms with van der Waals surface area (Å²) in [6.07, 6.45) is 3.64. The number of allylic oxidation sites excluding steroid dienone is 1. The normalized spacial score (nSPS) is 11.4. The van der Waals surface area contributed by atoms with Crippen LogP contribution in [-0.2, 0) is 10.0 Å². The van der Waals surface area contributed by atoms with Crippen molar-refractivity contribution in [2.45, 2.75) is 0 Å². The number of para-hydroxylation sites is 1. The molecule has 0 aliphatic heterocycles. The Morgan fingerprint density at radius 2 is 1.75 bits per heavy atom. The topological polar surface area (TPSA) is 106 Å². The lowest BCUT2D eigenvalue weighted by atomic mass is 10.1. The second kappa shape index (κ2) is 7.05. The third kappa shape index (κ3) is 4.75. The van der Waals surface area contributed by atoms with E-state index in [1.54, 1.807) is 18.2 Å². The van der Waals surface area contributed by atoms with Crippen LogP contribution in [0.4, 0.5) is 11.4 Å². The minimum atomic E-state index is -3.38. The van der Waals surface area contributed by atoms with Crippen LogP contribution in [0.25, 0.3) is 6.08 Å². The van der Waals surface area contributed by atoms with E-state index in [-0.39, 0.29) is 11.5 Å². The van der Waals surface area contributed by atoms with Crippen molar-refractivity contribution in [2.24, 2.45) is 0 Å².